The van der Waals surface area contributed by atoms with Crippen LogP contribution in [-0.2, 0) is 4.79 Å². The van der Waals surface area contributed by atoms with Crippen molar-refractivity contribution in [1.29, 1.82) is 0 Å². The van der Waals surface area contributed by atoms with E-state index >= 15 is 0 Å². The second-order valence-electron chi connectivity index (χ2n) is 4.90. The zero-order valence-corrected chi connectivity index (χ0v) is 12.0. The first kappa shape index (κ1) is 14.7. The van der Waals surface area contributed by atoms with Gasteiger partial charge in [-0.15, -0.1) is 0 Å². The molecule has 0 saturated heterocycles. The summed E-state index contributed by atoms with van der Waals surface area (Å²) in [6, 6.07) is 4.98. The summed E-state index contributed by atoms with van der Waals surface area (Å²) in [6.07, 6.45) is 2.37. The quantitative estimate of drug-likeness (QED) is 0.691. The molecule has 1 aromatic heterocycles. The number of aromatic nitrogens is 2. The highest BCUT2D eigenvalue weighted by atomic mass is 16.6. The van der Waals surface area contributed by atoms with Crippen molar-refractivity contribution in [1.82, 2.24) is 9.78 Å². The van der Waals surface area contributed by atoms with Crippen molar-refractivity contribution in [2.75, 3.05) is 5.32 Å². The molecule has 7 nitrogen and oxygen atoms in total. The van der Waals surface area contributed by atoms with Crippen LogP contribution in [0.5, 0.6) is 0 Å². The smallest absolute Gasteiger partial charge is 0.307 e. The first-order valence-electron chi connectivity index (χ1n) is 6.45. The Morgan fingerprint density at radius 2 is 2.10 bits per heavy atom. The molecule has 2 aromatic rings. The van der Waals surface area contributed by atoms with Crippen LogP contribution in [0.25, 0.3) is 0 Å². The van der Waals surface area contributed by atoms with Crippen LogP contribution in [0.2, 0.25) is 0 Å². The van der Waals surface area contributed by atoms with Gasteiger partial charge in [-0.3, -0.25) is 19.6 Å². The lowest BCUT2D eigenvalue weighted by molar-refractivity contribution is -0.385. The summed E-state index contributed by atoms with van der Waals surface area (Å²) in [5, 5.41) is 17.2. The van der Waals surface area contributed by atoms with Crippen molar-refractivity contribution in [3.05, 3.63) is 51.8 Å². The van der Waals surface area contributed by atoms with E-state index in [1.807, 2.05) is 32.0 Å². The number of amides is 1. The van der Waals surface area contributed by atoms with E-state index in [1.54, 1.807) is 6.92 Å². The van der Waals surface area contributed by atoms with Gasteiger partial charge in [0.15, 0.2) is 0 Å². The fourth-order valence-corrected chi connectivity index (χ4v) is 1.82. The average molecular weight is 288 g/mol. The number of hydrogen-bond donors (Lipinski definition) is 1. The van der Waals surface area contributed by atoms with Gasteiger partial charge in [-0.2, -0.15) is 5.10 Å². The number of rotatable bonds is 4. The Balaban J connectivity index is 2.11. The van der Waals surface area contributed by atoms with Gasteiger partial charge in [0.05, 0.1) is 4.92 Å². The predicted molar refractivity (Wildman–Crippen MR) is 78.1 cm³/mol. The summed E-state index contributed by atoms with van der Waals surface area (Å²) in [7, 11) is 0. The maximum atomic E-state index is 12.1. The number of hydrogen-bond acceptors (Lipinski definition) is 4. The third kappa shape index (κ3) is 3.25. The van der Waals surface area contributed by atoms with E-state index in [0.29, 0.717) is 5.69 Å². The van der Waals surface area contributed by atoms with E-state index in [4.69, 9.17) is 0 Å². The average Bonchev–Trinajstić information content (AvgIpc) is 2.92. The van der Waals surface area contributed by atoms with E-state index < -0.39 is 11.0 Å². The molecule has 0 saturated carbocycles. The molecule has 1 amide bonds. The Hall–Kier alpha value is -2.70. The third-order valence-corrected chi connectivity index (χ3v) is 3.35. The van der Waals surface area contributed by atoms with Gasteiger partial charge in [-0.1, -0.05) is 6.07 Å². The summed E-state index contributed by atoms with van der Waals surface area (Å²) >= 11 is 0. The Kier molecular flexibility index (Phi) is 4.02. The number of nitro groups is 1. The van der Waals surface area contributed by atoms with Gasteiger partial charge in [0, 0.05) is 5.69 Å². The molecule has 21 heavy (non-hydrogen) atoms. The second-order valence-corrected chi connectivity index (χ2v) is 4.90. The van der Waals surface area contributed by atoms with Gasteiger partial charge in [0.1, 0.15) is 18.4 Å². The SMILES string of the molecule is Cc1ccc(NC(=O)[C@H](C)n2cc([N+](=O)[O-])cn2)cc1C. The number of nitrogens with one attached hydrogen (secondary N) is 1. The number of anilines is 1. The van der Waals surface area contributed by atoms with Crippen molar-refractivity contribution in [3.63, 3.8) is 0 Å². The number of carbonyl (C=O) groups excluding carboxylic acids is 1. The van der Waals surface area contributed by atoms with Crippen LogP contribution < -0.4 is 5.32 Å². The standard InChI is InChI=1S/C14H16N4O3/c1-9-4-5-12(6-10(9)2)16-14(19)11(3)17-8-13(7-15-17)18(20)21/h4-8,11H,1-3H3,(H,16,19)/t11-/m0/s1. The third-order valence-electron chi connectivity index (χ3n) is 3.35. The molecule has 0 radical (unpaired) electrons. The monoisotopic (exact) mass is 288 g/mol. The summed E-state index contributed by atoms with van der Waals surface area (Å²) < 4.78 is 1.27. The van der Waals surface area contributed by atoms with E-state index in [1.165, 1.54) is 10.9 Å². The molecule has 0 fully saturated rings. The molecule has 1 atom stereocenters. The second kappa shape index (κ2) is 5.74. The number of carbonyl (C=O) groups is 1. The summed E-state index contributed by atoms with van der Waals surface area (Å²) in [5.74, 6) is -0.281. The van der Waals surface area contributed by atoms with Gasteiger partial charge >= 0.3 is 5.69 Å². The van der Waals surface area contributed by atoms with Crippen LogP contribution in [0.15, 0.2) is 30.6 Å². The number of nitrogens with zero attached hydrogens (tertiary/aromatic N) is 3. The fourth-order valence-electron chi connectivity index (χ4n) is 1.82. The van der Waals surface area contributed by atoms with E-state index in [9.17, 15) is 14.9 Å². The van der Waals surface area contributed by atoms with E-state index in [2.05, 4.69) is 10.4 Å². The van der Waals surface area contributed by atoms with E-state index in [-0.39, 0.29) is 11.6 Å². The molecule has 1 heterocycles. The van der Waals surface area contributed by atoms with Crippen molar-refractivity contribution < 1.29 is 9.72 Å². The highest BCUT2D eigenvalue weighted by Gasteiger charge is 2.19. The minimum absolute atomic E-state index is 0.138. The lowest BCUT2D eigenvalue weighted by Crippen LogP contribution is -2.24. The lowest BCUT2D eigenvalue weighted by Gasteiger charge is -2.13. The van der Waals surface area contributed by atoms with Gasteiger partial charge < -0.3 is 5.32 Å². The van der Waals surface area contributed by atoms with E-state index in [0.717, 1.165) is 17.3 Å². The van der Waals surface area contributed by atoms with Gasteiger partial charge in [-0.25, -0.2) is 0 Å². The van der Waals surface area contributed by atoms with Crippen LogP contribution in [-0.4, -0.2) is 20.6 Å². The van der Waals surface area contributed by atoms with Gasteiger partial charge in [0.2, 0.25) is 5.91 Å². The Morgan fingerprint density at radius 1 is 1.38 bits per heavy atom. The summed E-state index contributed by atoms with van der Waals surface area (Å²) in [6.45, 7) is 5.59. The normalized spacial score (nSPS) is 12.0. The molecule has 1 aromatic carbocycles. The molecule has 1 N–H and O–H groups in total. The highest BCUT2D eigenvalue weighted by molar-refractivity contribution is 5.93. The molecular formula is C14H16N4O3. The van der Waals surface area contributed by atoms with Crippen LogP contribution in [0.3, 0.4) is 0 Å². The van der Waals surface area contributed by atoms with Crippen molar-refractivity contribution in [2.24, 2.45) is 0 Å². The molecule has 0 aliphatic heterocycles. The molecule has 7 heteroatoms. The molecule has 0 aliphatic carbocycles. The van der Waals surface area contributed by atoms with Crippen LogP contribution in [0, 0.1) is 24.0 Å². The molecule has 0 unspecified atom stereocenters. The highest BCUT2D eigenvalue weighted by Crippen LogP contribution is 2.17. The Labute approximate surface area is 121 Å². The molecule has 0 spiro atoms. The summed E-state index contributed by atoms with van der Waals surface area (Å²) in [5.41, 5.74) is 2.77. The first-order chi connectivity index (χ1) is 9.88. The van der Waals surface area contributed by atoms with Crippen LogP contribution in [0.4, 0.5) is 11.4 Å². The molecule has 0 aliphatic rings. The zero-order valence-electron chi connectivity index (χ0n) is 12.0. The minimum Gasteiger partial charge on any atom is -0.324 e. The Bertz CT molecular complexity index is 693. The summed E-state index contributed by atoms with van der Waals surface area (Å²) in [4.78, 5) is 22.2. The minimum atomic E-state index is -0.639. The van der Waals surface area contributed by atoms with Crippen molar-refractivity contribution in [3.8, 4) is 0 Å². The first-order valence-corrected chi connectivity index (χ1v) is 6.45. The topological polar surface area (TPSA) is 90.1 Å². The Morgan fingerprint density at radius 3 is 2.67 bits per heavy atom. The van der Waals surface area contributed by atoms with Crippen LogP contribution in [0.1, 0.15) is 24.1 Å². The van der Waals surface area contributed by atoms with Crippen molar-refractivity contribution in [2.45, 2.75) is 26.8 Å². The fraction of sp³-hybridized carbons (Fsp3) is 0.286. The number of aryl methyl sites for hydroxylation is 2. The van der Waals surface area contributed by atoms with Gasteiger partial charge in [0.25, 0.3) is 0 Å². The molecule has 0 bridgehead atoms. The van der Waals surface area contributed by atoms with Crippen LogP contribution >= 0.6 is 0 Å². The zero-order chi connectivity index (χ0) is 15.6. The largest absolute Gasteiger partial charge is 0.324 e. The number of benzene rings is 1. The molecule has 2 rings (SSSR count). The predicted octanol–water partition coefficient (Wildman–Crippen LogP) is 2.61. The maximum absolute atomic E-state index is 12.1. The maximum Gasteiger partial charge on any atom is 0.307 e. The lowest BCUT2D eigenvalue weighted by atomic mass is 10.1. The van der Waals surface area contributed by atoms with Crippen molar-refractivity contribution >= 4 is 17.3 Å². The molecular weight excluding hydrogens is 272 g/mol. The van der Waals surface area contributed by atoms with Gasteiger partial charge in [-0.05, 0) is 44.0 Å². The molecule has 110 valence electrons.